The lowest BCUT2D eigenvalue weighted by atomic mass is 10.1. The minimum Gasteiger partial charge on any atom is -0.478 e. The van der Waals surface area contributed by atoms with Crippen LogP contribution >= 0.6 is 0 Å². The van der Waals surface area contributed by atoms with Crippen LogP contribution in [0.4, 0.5) is 24.7 Å². The van der Waals surface area contributed by atoms with E-state index in [1.54, 1.807) is 18.2 Å². The number of rotatable bonds is 9. The number of carboxylic acids is 2. The van der Waals surface area contributed by atoms with E-state index < -0.39 is 28.1 Å². The van der Waals surface area contributed by atoms with Crippen LogP contribution < -0.4 is 9.62 Å². The van der Waals surface area contributed by atoms with Crippen molar-refractivity contribution < 1.29 is 41.4 Å². The Bertz CT molecular complexity index is 1530. The summed E-state index contributed by atoms with van der Waals surface area (Å²) in [4.78, 5) is 27.4. The average molecular weight is 588 g/mol. The van der Waals surface area contributed by atoms with Crippen LogP contribution in [0, 0.1) is 0 Å². The van der Waals surface area contributed by atoms with Gasteiger partial charge in [0.2, 0.25) is 0 Å². The first-order chi connectivity index (χ1) is 19.4. The maximum absolute atomic E-state index is 12.7. The monoisotopic (exact) mass is 587 g/mol. The van der Waals surface area contributed by atoms with E-state index in [1.807, 2.05) is 65.6 Å². The number of carboxylic acid groups (broad SMARTS) is 2. The summed E-state index contributed by atoms with van der Waals surface area (Å²) in [6.07, 6.45) is -3.74. The van der Waals surface area contributed by atoms with E-state index in [0.29, 0.717) is 13.1 Å². The molecule has 4 rings (SSSR count). The number of halogens is 3. The van der Waals surface area contributed by atoms with Crippen LogP contribution in [0.2, 0.25) is 0 Å². The third-order valence-electron chi connectivity index (χ3n) is 5.38. The number of hydrogen-bond donors (Lipinski definition) is 3. The topological polar surface area (TPSA) is 137 Å². The zero-order valence-electron chi connectivity index (χ0n) is 21.2. The molecule has 41 heavy (non-hydrogen) atoms. The second-order valence-electron chi connectivity index (χ2n) is 8.45. The summed E-state index contributed by atoms with van der Waals surface area (Å²) in [6.45, 7) is 0.857. The molecule has 0 saturated heterocycles. The fraction of sp³-hybridized carbons (Fsp3) is 0.107. The molecule has 0 unspecified atom stereocenters. The molecule has 0 radical (unpaired) electrons. The number of hydrogen-bond acceptors (Lipinski definition) is 6. The Morgan fingerprint density at radius 3 is 1.66 bits per heavy atom. The second-order valence-corrected chi connectivity index (χ2v) is 10.1. The predicted molar refractivity (Wildman–Crippen MR) is 145 cm³/mol. The third kappa shape index (κ3) is 9.07. The van der Waals surface area contributed by atoms with Crippen molar-refractivity contribution in [1.82, 2.24) is 4.98 Å². The van der Waals surface area contributed by atoms with Gasteiger partial charge in [0.15, 0.2) is 0 Å². The number of nitrogens with one attached hydrogen (secondary N) is 1. The molecule has 3 N–H and O–H groups in total. The molecule has 214 valence electrons. The van der Waals surface area contributed by atoms with Crippen molar-refractivity contribution in [3.8, 4) is 0 Å². The zero-order valence-corrected chi connectivity index (χ0v) is 22.0. The molecule has 0 spiro atoms. The highest BCUT2D eigenvalue weighted by molar-refractivity contribution is 7.92. The number of carbonyl (C=O) groups is 2. The Kier molecular flexibility index (Phi) is 10.0. The Morgan fingerprint density at radius 2 is 1.24 bits per heavy atom. The van der Waals surface area contributed by atoms with E-state index in [0.717, 1.165) is 11.1 Å². The largest absolute Gasteiger partial charge is 0.490 e. The standard InChI is InChI=1S/C26H23N3O4S.C2HF3O2/c30-26(31)24-16-22(28-34(32,33)23-14-8-3-9-15-23)17-27-25(24)29(18-20-10-4-1-5-11-20)19-21-12-6-2-7-13-21;3-2(4,5)1(6)7/h1-17,28H,18-19H2,(H,30,31);(H,6,7). The molecular weight excluding hydrogens is 563 g/mol. The second kappa shape index (κ2) is 13.4. The van der Waals surface area contributed by atoms with Crippen molar-refractivity contribution in [1.29, 1.82) is 0 Å². The molecule has 3 aromatic carbocycles. The lowest BCUT2D eigenvalue weighted by molar-refractivity contribution is -0.192. The fourth-order valence-corrected chi connectivity index (χ4v) is 4.60. The number of anilines is 2. The smallest absolute Gasteiger partial charge is 0.478 e. The Labute approximate surface area is 233 Å². The number of aromatic nitrogens is 1. The minimum absolute atomic E-state index is 0.0735. The molecule has 0 amide bonds. The summed E-state index contributed by atoms with van der Waals surface area (Å²) in [5, 5.41) is 17.1. The van der Waals surface area contributed by atoms with Crippen molar-refractivity contribution >= 4 is 33.5 Å². The zero-order chi connectivity index (χ0) is 30.0. The van der Waals surface area contributed by atoms with Gasteiger partial charge in [0.1, 0.15) is 11.4 Å². The van der Waals surface area contributed by atoms with Gasteiger partial charge in [-0.2, -0.15) is 13.2 Å². The highest BCUT2D eigenvalue weighted by Gasteiger charge is 2.38. The number of aliphatic carboxylic acids is 1. The van der Waals surface area contributed by atoms with Crippen LogP contribution in [0.25, 0.3) is 0 Å². The molecule has 13 heteroatoms. The van der Waals surface area contributed by atoms with Gasteiger partial charge in [0.05, 0.1) is 16.8 Å². The summed E-state index contributed by atoms with van der Waals surface area (Å²) >= 11 is 0. The number of benzene rings is 3. The number of sulfonamides is 1. The highest BCUT2D eigenvalue weighted by atomic mass is 32.2. The van der Waals surface area contributed by atoms with Crippen molar-refractivity contribution in [2.45, 2.75) is 24.2 Å². The van der Waals surface area contributed by atoms with Crippen molar-refractivity contribution in [2.24, 2.45) is 0 Å². The van der Waals surface area contributed by atoms with Crippen LogP contribution in [0.15, 0.2) is 108 Å². The van der Waals surface area contributed by atoms with E-state index >= 15 is 0 Å². The number of aromatic carboxylic acids is 1. The summed E-state index contributed by atoms with van der Waals surface area (Å²) in [5.41, 5.74) is 1.96. The lowest BCUT2D eigenvalue weighted by Crippen LogP contribution is -2.26. The van der Waals surface area contributed by atoms with Crippen molar-refractivity contribution in [3.05, 3.63) is 120 Å². The van der Waals surface area contributed by atoms with Gasteiger partial charge in [0, 0.05) is 13.1 Å². The van der Waals surface area contributed by atoms with Crippen LogP contribution in [0.3, 0.4) is 0 Å². The molecule has 0 aliphatic heterocycles. The van der Waals surface area contributed by atoms with E-state index in [2.05, 4.69) is 9.71 Å². The van der Waals surface area contributed by atoms with Crippen molar-refractivity contribution in [2.75, 3.05) is 9.62 Å². The predicted octanol–water partition coefficient (Wildman–Crippen LogP) is 5.42. The molecule has 0 aliphatic carbocycles. The molecule has 1 aromatic heterocycles. The molecule has 0 bridgehead atoms. The van der Waals surface area contributed by atoms with Gasteiger partial charge in [-0.25, -0.2) is 23.0 Å². The summed E-state index contributed by atoms with van der Waals surface area (Å²) in [6, 6.07) is 28.5. The van der Waals surface area contributed by atoms with Crippen LogP contribution in [0.1, 0.15) is 21.5 Å². The first-order valence-corrected chi connectivity index (χ1v) is 13.3. The van der Waals surface area contributed by atoms with Gasteiger partial charge in [-0.15, -0.1) is 0 Å². The van der Waals surface area contributed by atoms with Gasteiger partial charge < -0.3 is 15.1 Å². The summed E-state index contributed by atoms with van der Waals surface area (Å²) in [5.74, 6) is -3.70. The normalized spacial score (nSPS) is 11.1. The Balaban J connectivity index is 0.000000587. The molecule has 1 heterocycles. The number of nitrogens with zero attached hydrogens (tertiary/aromatic N) is 2. The van der Waals surface area contributed by atoms with Gasteiger partial charge >= 0.3 is 18.1 Å². The van der Waals surface area contributed by atoms with Gasteiger partial charge in [0.25, 0.3) is 10.0 Å². The van der Waals surface area contributed by atoms with Gasteiger partial charge in [-0.3, -0.25) is 4.72 Å². The Morgan fingerprint density at radius 1 is 0.805 bits per heavy atom. The van der Waals surface area contributed by atoms with E-state index in [4.69, 9.17) is 9.90 Å². The maximum atomic E-state index is 12.7. The first-order valence-electron chi connectivity index (χ1n) is 11.8. The lowest BCUT2D eigenvalue weighted by Gasteiger charge is -2.26. The molecule has 9 nitrogen and oxygen atoms in total. The molecule has 0 aliphatic rings. The molecule has 4 aromatic rings. The molecule has 0 fully saturated rings. The quantitative estimate of drug-likeness (QED) is 0.236. The van der Waals surface area contributed by atoms with Gasteiger partial charge in [-0.1, -0.05) is 78.9 Å². The third-order valence-corrected chi connectivity index (χ3v) is 6.77. The number of pyridine rings is 1. The molecule has 0 saturated carbocycles. The molecular formula is C28H24F3N3O6S. The highest BCUT2D eigenvalue weighted by Crippen LogP contribution is 2.26. The molecule has 0 atom stereocenters. The SMILES string of the molecule is O=C(O)C(F)(F)F.O=C(O)c1cc(NS(=O)(=O)c2ccccc2)cnc1N(Cc1ccccc1)Cc1ccccc1. The fourth-order valence-electron chi connectivity index (χ4n) is 3.55. The maximum Gasteiger partial charge on any atom is 0.490 e. The first kappa shape index (κ1) is 30.6. The Hall–Kier alpha value is -4.91. The van der Waals surface area contributed by atoms with Gasteiger partial charge in [-0.05, 0) is 29.3 Å². The summed E-state index contributed by atoms with van der Waals surface area (Å²) < 4.78 is 59.5. The van der Waals surface area contributed by atoms with Crippen molar-refractivity contribution in [3.63, 3.8) is 0 Å². The van der Waals surface area contributed by atoms with E-state index in [1.165, 1.54) is 24.4 Å². The average Bonchev–Trinajstić information content (AvgIpc) is 2.94. The minimum atomic E-state index is -5.08. The van der Waals surface area contributed by atoms with E-state index in [9.17, 15) is 31.5 Å². The van der Waals surface area contributed by atoms with Crippen LogP contribution in [-0.4, -0.2) is 41.7 Å². The van der Waals surface area contributed by atoms with E-state index in [-0.39, 0.29) is 22.0 Å². The van der Waals surface area contributed by atoms with Crippen LogP contribution in [-0.2, 0) is 27.9 Å². The number of alkyl halides is 3. The summed E-state index contributed by atoms with van der Waals surface area (Å²) in [7, 11) is -3.88. The van der Waals surface area contributed by atoms with Crippen LogP contribution in [0.5, 0.6) is 0 Å².